The molecule has 1 saturated heterocycles. The zero-order chi connectivity index (χ0) is 11.9. The summed E-state index contributed by atoms with van der Waals surface area (Å²) in [7, 11) is 2.06. The number of carboxylic acid groups (broad SMARTS) is 1. The number of amides is 1. The molecule has 1 amide bonds. The maximum absolute atomic E-state index is 11.5. The Bertz CT molecular complexity index is 260. The van der Waals surface area contributed by atoms with Gasteiger partial charge >= 0.3 is 6.09 Å². The highest BCUT2D eigenvalue weighted by Crippen LogP contribution is 2.29. The second kappa shape index (κ2) is 3.76. The zero-order valence-electron chi connectivity index (χ0n) is 10.4. The first kappa shape index (κ1) is 12.5. The lowest BCUT2D eigenvalue weighted by Gasteiger charge is -2.49. The molecule has 1 heterocycles. The summed E-state index contributed by atoms with van der Waals surface area (Å²) in [4.78, 5) is 13.8. The van der Waals surface area contributed by atoms with E-state index in [2.05, 4.69) is 18.9 Å². The molecule has 15 heavy (non-hydrogen) atoms. The van der Waals surface area contributed by atoms with Crippen LogP contribution in [-0.4, -0.2) is 58.8 Å². The topological polar surface area (TPSA) is 40.5 Å². The van der Waals surface area contributed by atoms with Crippen molar-refractivity contribution in [2.45, 2.75) is 39.3 Å². The summed E-state index contributed by atoms with van der Waals surface area (Å²) in [6, 6.07) is 0.328. The Kier molecular flexibility index (Phi) is 3.12. The predicted molar refractivity (Wildman–Crippen MR) is 59.9 cm³/mol. The average molecular weight is 215 g/mol. The van der Waals surface area contributed by atoms with Crippen molar-refractivity contribution in [1.82, 2.24) is 4.90 Å². The summed E-state index contributed by atoms with van der Waals surface area (Å²) in [5.74, 6) is 0. The fourth-order valence-corrected chi connectivity index (χ4v) is 2.30. The van der Waals surface area contributed by atoms with E-state index < -0.39 is 6.09 Å². The van der Waals surface area contributed by atoms with Gasteiger partial charge in [0, 0.05) is 6.54 Å². The van der Waals surface area contributed by atoms with Gasteiger partial charge < -0.3 is 5.11 Å². The van der Waals surface area contributed by atoms with Crippen molar-refractivity contribution in [3.8, 4) is 0 Å². The molecule has 4 nitrogen and oxygen atoms in total. The van der Waals surface area contributed by atoms with Crippen LogP contribution in [0, 0.1) is 0 Å². The Hall–Kier alpha value is -0.610. The lowest BCUT2D eigenvalue weighted by atomic mass is 9.98. The summed E-state index contributed by atoms with van der Waals surface area (Å²) in [5.41, 5.74) is -0.235. The predicted octanol–water partition coefficient (Wildman–Crippen LogP) is 1.61. The number of carbonyl (C=O) groups is 1. The van der Waals surface area contributed by atoms with Gasteiger partial charge in [-0.1, -0.05) is 0 Å². The molecule has 88 valence electrons. The third-order valence-corrected chi connectivity index (χ3v) is 3.81. The Morgan fingerprint density at radius 3 is 2.33 bits per heavy atom. The van der Waals surface area contributed by atoms with Crippen LogP contribution in [0.15, 0.2) is 0 Å². The highest BCUT2D eigenvalue weighted by molar-refractivity contribution is 5.57. The van der Waals surface area contributed by atoms with Crippen LogP contribution in [0.5, 0.6) is 0 Å². The fourth-order valence-electron chi connectivity index (χ4n) is 2.30. The summed E-state index contributed by atoms with van der Waals surface area (Å²) >= 11 is 0. The minimum absolute atomic E-state index is 0.179. The smallest absolute Gasteiger partial charge is 0.435 e. The van der Waals surface area contributed by atoms with Gasteiger partial charge in [0.2, 0.25) is 0 Å². The summed E-state index contributed by atoms with van der Waals surface area (Å²) < 4.78 is 0.179. The van der Waals surface area contributed by atoms with E-state index in [-0.39, 0.29) is 10.0 Å². The van der Waals surface area contributed by atoms with Gasteiger partial charge in [0.15, 0.2) is 0 Å². The molecular formula is C11H23N2O2+. The Morgan fingerprint density at radius 2 is 2.00 bits per heavy atom. The van der Waals surface area contributed by atoms with Crippen molar-refractivity contribution in [2.24, 2.45) is 0 Å². The SMILES string of the molecule is C[C@@H]1C[N+](C(=O)O)(C(C)(C)C)CCN1C. The fraction of sp³-hybridized carbons (Fsp3) is 0.909. The van der Waals surface area contributed by atoms with Crippen molar-refractivity contribution in [1.29, 1.82) is 0 Å². The highest BCUT2D eigenvalue weighted by atomic mass is 16.4. The van der Waals surface area contributed by atoms with Gasteiger partial charge in [-0.2, -0.15) is 4.79 Å². The molecule has 1 aliphatic rings. The zero-order valence-corrected chi connectivity index (χ0v) is 10.4. The molecule has 0 aliphatic carbocycles. The normalized spacial score (nSPS) is 34.1. The minimum Gasteiger partial charge on any atom is -0.435 e. The molecule has 1 rings (SSSR count). The number of quaternary nitrogens is 1. The molecule has 4 heteroatoms. The van der Waals surface area contributed by atoms with Gasteiger partial charge in [0.05, 0.1) is 6.04 Å². The van der Waals surface area contributed by atoms with Crippen molar-refractivity contribution in [3.05, 3.63) is 0 Å². The molecule has 2 atom stereocenters. The molecule has 1 fully saturated rings. The number of rotatable bonds is 0. The monoisotopic (exact) mass is 215 g/mol. The van der Waals surface area contributed by atoms with E-state index in [1.165, 1.54) is 0 Å². The van der Waals surface area contributed by atoms with Gasteiger partial charge in [-0.15, -0.1) is 0 Å². The summed E-state index contributed by atoms with van der Waals surface area (Å²) in [6.45, 7) is 10.4. The minimum atomic E-state index is -0.692. The quantitative estimate of drug-likeness (QED) is 0.624. The van der Waals surface area contributed by atoms with E-state index in [0.29, 0.717) is 19.1 Å². The standard InChI is InChI=1S/C11H22N2O2/c1-9-8-13(10(14)15,11(2,3)4)7-6-12(9)5/h9H,6-8H2,1-5H3/p+1/t9-,13?/m1/s1. The number of likely N-dealkylation sites (N-methyl/N-ethyl adjacent to an activating group) is 1. The molecule has 1 N–H and O–H groups in total. The van der Waals surface area contributed by atoms with Crippen LogP contribution < -0.4 is 0 Å². The van der Waals surface area contributed by atoms with Crippen LogP contribution in [0.25, 0.3) is 0 Å². The first-order valence-electron chi connectivity index (χ1n) is 5.51. The molecule has 1 unspecified atom stereocenters. The summed E-state index contributed by atoms with van der Waals surface area (Å²) in [6.07, 6.45) is -0.692. The number of hydrogen-bond donors (Lipinski definition) is 1. The van der Waals surface area contributed by atoms with Crippen molar-refractivity contribution < 1.29 is 14.4 Å². The lowest BCUT2D eigenvalue weighted by Crippen LogP contribution is -2.71. The largest absolute Gasteiger partial charge is 0.514 e. The van der Waals surface area contributed by atoms with Gasteiger partial charge in [0.25, 0.3) is 0 Å². The number of hydrogen-bond acceptors (Lipinski definition) is 2. The van der Waals surface area contributed by atoms with E-state index in [9.17, 15) is 9.90 Å². The molecule has 0 aromatic heterocycles. The van der Waals surface area contributed by atoms with Gasteiger partial charge in [0.1, 0.15) is 18.6 Å². The molecule has 0 spiro atoms. The first-order valence-corrected chi connectivity index (χ1v) is 5.51. The maximum Gasteiger partial charge on any atom is 0.514 e. The van der Waals surface area contributed by atoms with Gasteiger partial charge in [-0.25, -0.2) is 4.48 Å². The second-order valence-corrected chi connectivity index (χ2v) is 5.66. The molecule has 0 saturated carbocycles. The molecule has 0 radical (unpaired) electrons. The average Bonchev–Trinajstić information content (AvgIpc) is 2.07. The van der Waals surface area contributed by atoms with Crippen LogP contribution in [0.4, 0.5) is 4.79 Å². The van der Waals surface area contributed by atoms with E-state index in [0.717, 1.165) is 6.54 Å². The molecular weight excluding hydrogens is 192 g/mol. The van der Waals surface area contributed by atoms with Crippen LogP contribution in [0.1, 0.15) is 27.7 Å². The Labute approximate surface area is 92.1 Å². The van der Waals surface area contributed by atoms with Gasteiger partial charge in [-0.05, 0) is 34.7 Å². The third-order valence-electron chi connectivity index (χ3n) is 3.81. The van der Waals surface area contributed by atoms with Crippen molar-refractivity contribution in [2.75, 3.05) is 26.7 Å². The van der Waals surface area contributed by atoms with Crippen LogP contribution >= 0.6 is 0 Å². The first-order chi connectivity index (χ1) is 6.71. The van der Waals surface area contributed by atoms with E-state index in [1.54, 1.807) is 0 Å². The Balaban J connectivity index is 3.00. The third kappa shape index (κ3) is 2.01. The maximum atomic E-state index is 11.5. The van der Waals surface area contributed by atoms with Crippen LogP contribution in [0.3, 0.4) is 0 Å². The molecule has 0 aromatic rings. The van der Waals surface area contributed by atoms with E-state index >= 15 is 0 Å². The van der Waals surface area contributed by atoms with Crippen LogP contribution in [0.2, 0.25) is 0 Å². The summed E-state index contributed by atoms with van der Waals surface area (Å²) in [5, 5.41) is 9.48. The van der Waals surface area contributed by atoms with Gasteiger partial charge in [-0.3, -0.25) is 4.90 Å². The highest BCUT2D eigenvalue weighted by Gasteiger charge is 2.51. The van der Waals surface area contributed by atoms with Crippen molar-refractivity contribution >= 4 is 6.09 Å². The van der Waals surface area contributed by atoms with E-state index in [1.807, 2.05) is 20.8 Å². The van der Waals surface area contributed by atoms with Crippen molar-refractivity contribution in [3.63, 3.8) is 0 Å². The lowest BCUT2D eigenvalue weighted by molar-refractivity contribution is -0.910. The molecule has 0 bridgehead atoms. The second-order valence-electron chi connectivity index (χ2n) is 5.66. The number of nitrogens with zero attached hydrogens (tertiary/aromatic N) is 2. The van der Waals surface area contributed by atoms with Crippen LogP contribution in [-0.2, 0) is 0 Å². The Morgan fingerprint density at radius 1 is 1.47 bits per heavy atom. The molecule has 1 aliphatic heterocycles. The molecule has 0 aromatic carbocycles. The van der Waals surface area contributed by atoms with E-state index in [4.69, 9.17) is 0 Å². The number of piperazine rings is 1.